The van der Waals surface area contributed by atoms with Crippen LogP contribution in [0.1, 0.15) is 11.3 Å². The van der Waals surface area contributed by atoms with Crippen molar-refractivity contribution in [3.8, 4) is 17.2 Å². The highest BCUT2D eigenvalue weighted by atomic mass is 19.1. The molecule has 19 heavy (non-hydrogen) atoms. The summed E-state index contributed by atoms with van der Waals surface area (Å²) in [4.78, 5) is 11.9. The molecule has 2 aromatic rings. The summed E-state index contributed by atoms with van der Waals surface area (Å²) in [6, 6.07) is 6.18. The van der Waals surface area contributed by atoms with Crippen LogP contribution in [0.2, 0.25) is 0 Å². The summed E-state index contributed by atoms with van der Waals surface area (Å²) in [5.41, 5.74) is -0.140. The van der Waals surface area contributed by atoms with E-state index >= 15 is 0 Å². The molecule has 0 aliphatic heterocycles. The van der Waals surface area contributed by atoms with Gasteiger partial charge < -0.3 is 4.57 Å². The van der Waals surface area contributed by atoms with Gasteiger partial charge in [0.1, 0.15) is 23.3 Å². The van der Waals surface area contributed by atoms with Crippen LogP contribution in [-0.4, -0.2) is 4.57 Å². The van der Waals surface area contributed by atoms with Gasteiger partial charge in [-0.05, 0) is 31.2 Å². The standard InChI is InChI=1S/C14H10F2N2O/c1-8-5-10(12(7-17)14(19)18(8)2)11-6-9(15)3-4-13(11)16/h3-6H,1-2H3. The molecule has 0 N–H and O–H groups in total. The quantitative estimate of drug-likeness (QED) is 0.790. The summed E-state index contributed by atoms with van der Waals surface area (Å²) < 4.78 is 28.3. The Kier molecular flexibility index (Phi) is 3.17. The van der Waals surface area contributed by atoms with Gasteiger partial charge in [-0.1, -0.05) is 0 Å². The number of hydrogen-bond donors (Lipinski definition) is 0. The van der Waals surface area contributed by atoms with Crippen molar-refractivity contribution in [3.05, 3.63) is 57.5 Å². The second-order valence-corrected chi connectivity index (χ2v) is 4.17. The Morgan fingerprint density at radius 3 is 2.53 bits per heavy atom. The van der Waals surface area contributed by atoms with Crippen LogP contribution in [0, 0.1) is 29.9 Å². The van der Waals surface area contributed by atoms with Gasteiger partial charge in [0.25, 0.3) is 5.56 Å². The Morgan fingerprint density at radius 2 is 1.89 bits per heavy atom. The molecule has 0 saturated carbocycles. The zero-order valence-electron chi connectivity index (χ0n) is 10.4. The fraction of sp³-hybridized carbons (Fsp3) is 0.143. The predicted octanol–water partition coefficient (Wildman–Crippen LogP) is 2.51. The Bertz CT molecular complexity index is 757. The van der Waals surface area contributed by atoms with Gasteiger partial charge in [-0.25, -0.2) is 8.78 Å². The average molecular weight is 260 g/mol. The minimum absolute atomic E-state index is 0.0858. The van der Waals surface area contributed by atoms with E-state index in [2.05, 4.69) is 0 Å². The maximum atomic E-state index is 13.8. The Labute approximate surface area is 108 Å². The van der Waals surface area contributed by atoms with Crippen molar-refractivity contribution in [2.24, 2.45) is 7.05 Å². The first kappa shape index (κ1) is 13.0. The minimum Gasteiger partial charge on any atom is -0.315 e. The summed E-state index contributed by atoms with van der Waals surface area (Å²) in [5, 5.41) is 9.06. The van der Waals surface area contributed by atoms with Crippen molar-refractivity contribution >= 4 is 0 Å². The maximum absolute atomic E-state index is 13.8. The van der Waals surface area contributed by atoms with Gasteiger partial charge in [0.15, 0.2) is 0 Å². The van der Waals surface area contributed by atoms with E-state index < -0.39 is 17.2 Å². The van der Waals surface area contributed by atoms with Crippen molar-refractivity contribution in [3.63, 3.8) is 0 Å². The number of halogens is 2. The van der Waals surface area contributed by atoms with E-state index in [9.17, 15) is 13.6 Å². The number of pyridine rings is 1. The minimum atomic E-state index is -0.675. The molecule has 3 nitrogen and oxygen atoms in total. The van der Waals surface area contributed by atoms with Crippen molar-refractivity contribution < 1.29 is 8.78 Å². The number of aromatic nitrogens is 1. The number of nitriles is 1. The lowest BCUT2D eigenvalue weighted by molar-refractivity contribution is 0.603. The summed E-state index contributed by atoms with van der Waals surface area (Å²) >= 11 is 0. The van der Waals surface area contributed by atoms with Crippen molar-refractivity contribution in [1.29, 1.82) is 5.26 Å². The fourth-order valence-corrected chi connectivity index (χ4v) is 1.85. The predicted molar refractivity (Wildman–Crippen MR) is 66.5 cm³/mol. The molecule has 2 rings (SSSR count). The maximum Gasteiger partial charge on any atom is 0.269 e. The summed E-state index contributed by atoms with van der Waals surface area (Å²) in [7, 11) is 1.52. The van der Waals surface area contributed by atoms with Crippen LogP contribution in [0.4, 0.5) is 8.78 Å². The smallest absolute Gasteiger partial charge is 0.269 e. The first-order valence-electron chi connectivity index (χ1n) is 5.52. The Balaban J connectivity index is 2.87. The van der Waals surface area contributed by atoms with Crippen LogP contribution in [0.5, 0.6) is 0 Å². The molecule has 0 aliphatic rings. The molecule has 96 valence electrons. The summed E-state index contributed by atoms with van der Waals surface area (Å²) in [6.07, 6.45) is 0. The van der Waals surface area contributed by atoms with E-state index in [4.69, 9.17) is 5.26 Å². The normalized spacial score (nSPS) is 10.3. The molecular weight excluding hydrogens is 250 g/mol. The van der Waals surface area contributed by atoms with Gasteiger partial charge in [0.2, 0.25) is 0 Å². The molecule has 1 aromatic carbocycles. The molecule has 0 fully saturated rings. The zero-order chi connectivity index (χ0) is 14.2. The molecule has 0 saturated heterocycles. The van der Waals surface area contributed by atoms with Gasteiger partial charge in [0, 0.05) is 23.9 Å². The molecule has 0 aliphatic carbocycles. The molecule has 0 amide bonds. The van der Waals surface area contributed by atoms with Crippen molar-refractivity contribution in [1.82, 2.24) is 4.57 Å². The first-order chi connectivity index (χ1) is 8.95. The number of rotatable bonds is 1. The second kappa shape index (κ2) is 4.65. The van der Waals surface area contributed by atoms with Crippen LogP contribution in [0.25, 0.3) is 11.1 Å². The molecular formula is C14H10F2N2O. The molecule has 0 radical (unpaired) electrons. The third-order valence-corrected chi connectivity index (χ3v) is 3.00. The van der Waals surface area contributed by atoms with Gasteiger partial charge in [-0.3, -0.25) is 4.79 Å². The lowest BCUT2D eigenvalue weighted by atomic mass is 10.00. The highest BCUT2D eigenvalue weighted by molar-refractivity contribution is 5.71. The second-order valence-electron chi connectivity index (χ2n) is 4.17. The molecule has 1 aromatic heterocycles. The zero-order valence-corrected chi connectivity index (χ0v) is 10.4. The average Bonchev–Trinajstić information content (AvgIpc) is 2.38. The monoisotopic (exact) mass is 260 g/mol. The van der Waals surface area contributed by atoms with Gasteiger partial charge in [0.05, 0.1) is 0 Å². The summed E-state index contributed by atoms with van der Waals surface area (Å²) in [5.74, 6) is -1.30. The lowest BCUT2D eigenvalue weighted by Gasteiger charge is -2.10. The van der Waals surface area contributed by atoms with E-state index in [1.54, 1.807) is 13.0 Å². The van der Waals surface area contributed by atoms with Crippen molar-refractivity contribution in [2.45, 2.75) is 6.92 Å². The number of hydrogen-bond acceptors (Lipinski definition) is 2. The van der Waals surface area contributed by atoms with Crippen LogP contribution in [0.3, 0.4) is 0 Å². The van der Waals surface area contributed by atoms with E-state index in [0.717, 1.165) is 18.2 Å². The Hall–Kier alpha value is -2.48. The van der Waals surface area contributed by atoms with Crippen LogP contribution < -0.4 is 5.56 Å². The number of nitrogens with zero attached hydrogens (tertiary/aromatic N) is 2. The molecule has 0 unspecified atom stereocenters. The van der Waals surface area contributed by atoms with Gasteiger partial charge in [-0.15, -0.1) is 0 Å². The molecule has 0 spiro atoms. The van der Waals surface area contributed by atoms with Crippen molar-refractivity contribution in [2.75, 3.05) is 0 Å². The van der Waals surface area contributed by atoms with Crippen LogP contribution >= 0.6 is 0 Å². The largest absolute Gasteiger partial charge is 0.315 e. The lowest BCUT2D eigenvalue weighted by Crippen LogP contribution is -2.22. The van der Waals surface area contributed by atoms with Gasteiger partial charge in [-0.2, -0.15) is 5.26 Å². The molecule has 0 atom stereocenters. The third-order valence-electron chi connectivity index (χ3n) is 3.00. The molecule has 1 heterocycles. The summed E-state index contributed by atoms with van der Waals surface area (Å²) in [6.45, 7) is 1.66. The number of benzene rings is 1. The van der Waals surface area contributed by atoms with Gasteiger partial charge >= 0.3 is 0 Å². The molecule has 5 heteroatoms. The fourth-order valence-electron chi connectivity index (χ4n) is 1.85. The van der Waals surface area contributed by atoms with E-state index in [0.29, 0.717) is 5.69 Å². The SMILES string of the molecule is Cc1cc(-c2cc(F)ccc2F)c(C#N)c(=O)n1C. The topological polar surface area (TPSA) is 45.8 Å². The Morgan fingerprint density at radius 1 is 1.21 bits per heavy atom. The number of aryl methyl sites for hydroxylation is 1. The first-order valence-corrected chi connectivity index (χ1v) is 5.52. The van der Waals surface area contributed by atoms with Crippen LogP contribution in [-0.2, 0) is 7.05 Å². The highest BCUT2D eigenvalue weighted by Crippen LogP contribution is 2.26. The third kappa shape index (κ3) is 2.13. The molecule has 0 bridgehead atoms. The van der Waals surface area contributed by atoms with E-state index in [1.807, 2.05) is 0 Å². The highest BCUT2D eigenvalue weighted by Gasteiger charge is 2.16. The van der Waals surface area contributed by atoms with Crippen LogP contribution in [0.15, 0.2) is 29.1 Å². The van der Waals surface area contributed by atoms with E-state index in [1.165, 1.54) is 17.7 Å². The van der Waals surface area contributed by atoms with E-state index in [-0.39, 0.29) is 16.7 Å².